The van der Waals surface area contributed by atoms with Crippen molar-refractivity contribution in [1.29, 1.82) is 0 Å². The molecule has 0 radical (unpaired) electrons. The Hall–Kier alpha value is -2.83. The number of ether oxygens (including phenoxy) is 1. The summed E-state index contributed by atoms with van der Waals surface area (Å²) >= 11 is 0. The summed E-state index contributed by atoms with van der Waals surface area (Å²) in [5.74, 6) is -0.742. The molecule has 0 saturated heterocycles. The quantitative estimate of drug-likeness (QED) is 0.743. The second kappa shape index (κ2) is 5.88. The Bertz CT molecular complexity index is 804. The van der Waals surface area contributed by atoms with E-state index in [2.05, 4.69) is 15.4 Å². The van der Waals surface area contributed by atoms with Crippen LogP contribution in [0.4, 0.5) is 8.78 Å². The molecule has 0 aliphatic carbocycles. The number of tetrazole rings is 1. The van der Waals surface area contributed by atoms with Gasteiger partial charge in [0, 0.05) is 11.1 Å². The molecule has 0 aliphatic rings. The van der Waals surface area contributed by atoms with Crippen LogP contribution in [-0.2, 0) is 6.54 Å². The van der Waals surface area contributed by atoms with Crippen LogP contribution >= 0.6 is 0 Å². The van der Waals surface area contributed by atoms with Gasteiger partial charge in [-0.3, -0.25) is 0 Å². The molecule has 3 aromatic rings. The van der Waals surface area contributed by atoms with Gasteiger partial charge in [-0.15, -0.1) is 10.2 Å². The molecule has 1 heterocycles. The predicted molar refractivity (Wildman–Crippen MR) is 75.3 cm³/mol. The number of methoxy groups -OCH3 is 1. The van der Waals surface area contributed by atoms with Crippen molar-refractivity contribution in [1.82, 2.24) is 20.2 Å². The van der Waals surface area contributed by atoms with Crippen LogP contribution in [-0.4, -0.2) is 27.3 Å². The van der Waals surface area contributed by atoms with E-state index in [1.165, 1.54) is 16.9 Å². The summed E-state index contributed by atoms with van der Waals surface area (Å²) in [4.78, 5) is 1.21. The second-order valence-electron chi connectivity index (χ2n) is 4.59. The van der Waals surface area contributed by atoms with Crippen LogP contribution in [0.15, 0.2) is 42.5 Å². The molecule has 3 rings (SSSR count). The largest absolute Gasteiger partial charge is 0.497 e. The molecule has 2 aromatic carbocycles. The monoisotopic (exact) mass is 302 g/mol. The molecular weight excluding hydrogens is 290 g/mol. The molecule has 0 saturated carbocycles. The second-order valence-corrected chi connectivity index (χ2v) is 4.59. The van der Waals surface area contributed by atoms with Gasteiger partial charge in [-0.2, -0.15) is 4.80 Å². The van der Waals surface area contributed by atoms with Gasteiger partial charge in [-0.05, 0) is 23.4 Å². The standard InChI is InChI=1S/C15H12F2N4O/c1-22-12-6-2-4-10(8-12)15-18-20-21(19-15)9-11-5-3-7-13(16)14(11)17/h2-8H,9H2,1H3. The van der Waals surface area contributed by atoms with Crippen LogP contribution in [0, 0.1) is 11.6 Å². The number of halogens is 2. The van der Waals surface area contributed by atoms with Crippen LogP contribution in [0.2, 0.25) is 0 Å². The summed E-state index contributed by atoms with van der Waals surface area (Å²) in [6, 6.07) is 11.2. The smallest absolute Gasteiger partial charge is 0.205 e. The number of rotatable bonds is 4. The van der Waals surface area contributed by atoms with Gasteiger partial charge in [-0.1, -0.05) is 24.3 Å². The van der Waals surface area contributed by atoms with E-state index in [1.54, 1.807) is 25.3 Å². The minimum atomic E-state index is -0.900. The lowest BCUT2D eigenvalue weighted by Gasteiger charge is -2.02. The topological polar surface area (TPSA) is 52.8 Å². The molecule has 0 unspecified atom stereocenters. The molecule has 7 heteroatoms. The first-order valence-corrected chi connectivity index (χ1v) is 6.52. The lowest BCUT2D eigenvalue weighted by molar-refractivity contribution is 0.415. The maximum Gasteiger partial charge on any atom is 0.205 e. The zero-order chi connectivity index (χ0) is 15.5. The van der Waals surface area contributed by atoms with E-state index in [9.17, 15) is 8.78 Å². The maximum atomic E-state index is 13.6. The Labute approximate surface area is 125 Å². The van der Waals surface area contributed by atoms with Crippen molar-refractivity contribution in [2.75, 3.05) is 7.11 Å². The fourth-order valence-corrected chi connectivity index (χ4v) is 2.01. The molecule has 22 heavy (non-hydrogen) atoms. The number of aromatic nitrogens is 4. The third-order valence-corrected chi connectivity index (χ3v) is 3.12. The van der Waals surface area contributed by atoms with Gasteiger partial charge >= 0.3 is 0 Å². The van der Waals surface area contributed by atoms with E-state index in [0.29, 0.717) is 11.6 Å². The Balaban J connectivity index is 1.86. The number of hydrogen-bond acceptors (Lipinski definition) is 4. The van der Waals surface area contributed by atoms with Crippen molar-refractivity contribution in [3.05, 3.63) is 59.7 Å². The third kappa shape index (κ3) is 2.78. The molecule has 0 amide bonds. The Morgan fingerprint density at radius 3 is 2.77 bits per heavy atom. The van der Waals surface area contributed by atoms with Crippen LogP contribution in [0.3, 0.4) is 0 Å². The third-order valence-electron chi connectivity index (χ3n) is 3.12. The highest BCUT2D eigenvalue weighted by Gasteiger charge is 2.11. The van der Waals surface area contributed by atoms with Crippen LogP contribution in [0.25, 0.3) is 11.4 Å². The minimum absolute atomic E-state index is 0.000557. The van der Waals surface area contributed by atoms with Gasteiger partial charge in [0.05, 0.1) is 13.7 Å². The van der Waals surface area contributed by atoms with Crippen molar-refractivity contribution in [3.63, 3.8) is 0 Å². The van der Waals surface area contributed by atoms with E-state index >= 15 is 0 Å². The van der Waals surface area contributed by atoms with Crippen LogP contribution in [0.1, 0.15) is 5.56 Å². The predicted octanol–water partition coefficient (Wildman–Crippen LogP) is 2.68. The maximum absolute atomic E-state index is 13.6. The van der Waals surface area contributed by atoms with Gasteiger partial charge in [0.1, 0.15) is 5.75 Å². The van der Waals surface area contributed by atoms with E-state index < -0.39 is 11.6 Å². The van der Waals surface area contributed by atoms with Gasteiger partial charge < -0.3 is 4.74 Å². The summed E-state index contributed by atoms with van der Waals surface area (Å²) in [5.41, 5.74) is 0.889. The average Bonchev–Trinajstić information content (AvgIpc) is 3.00. The molecule has 0 aliphatic heterocycles. The highest BCUT2D eigenvalue weighted by molar-refractivity contribution is 5.56. The summed E-state index contributed by atoms with van der Waals surface area (Å²) in [7, 11) is 1.57. The fraction of sp³-hybridized carbons (Fsp3) is 0.133. The number of benzene rings is 2. The summed E-state index contributed by atoms with van der Waals surface area (Å²) < 4.78 is 31.9. The van der Waals surface area contributed by atoms with E-state index in [4.69, 9.17) is 4.74 Å². The number of nitrogens with zero attached hydrogens (tertiary/aromatic N) is 4. The molecule has 0 fully saturated rings. The first-order valence-electron chi connectivity index (χ1n) is 6.52. The fourth-order valence-electron chi connectivity index (χ4n) is 2.01. The molecule has 0 atom stereocenters. The van der Waals surface area contributed by atoms with Crippen molar-refractivity contribution in [3.8, 4) is 17.1 Å². The van der Waals surface area contributed by atoms with Crippen molar-refractivity contribution >= 4 is 0 Å². The van der Waals surface area contributed by atoms with Crippen molar-refractivity contribution in [2.45, 2.75) is 6.54 Å². The first-order chi connectivity index (χ1) is 10.7. The van der Waals surface area contributed by atoms with Crippen molar-refractivity contribution < 1.29 is 13.5 Å². The van der Waals surface area contributed by atoms with Crippen LogP contribution in [0.5, 0.6) is 5.75 Å². The van der Waals surface area contributed by atoms with E-state index in [0.717, 1.165) is 11.6 Å². The van der Waals surface area contributed by atoms with Crippen LogP contribution < -0.4 is 4.74 Å². The average molecular weight is 302 g/mol. The minimum Gasteiger partial charge on any atom is -0.497 e. The highest BCUT2D eigenvalue weighted by Crippen LogP contribution is 2.20. The van der Waals surface area contributed by atoms with E-state index in [-0.39, 0.29) is 12.1 Å². The zero-order valence-corrected chi connectivity index (χ0v) is 11.7. The molecule has 0 bridgehead atoms. The first kappa shape index (κ1) is 14.1. The molecule has 1 aromatic heterocycles. The molecular formula is C15H12F2N4O. The van der Waals surface area contributed by atoms with Gasteiger partial charge in [0.2, 0.25) is 5.82 Å². The summed E-state index contributed by atoms with van der Waals surface area (Å²) in [5, 5.41) is 12.0. The molecule has 0 spiro atoms. The lowest BCUT2D eigenvalue weighted by Crippen LogP contribution is -2.06. The Kier molecular flexibility index (Phi) is 3.78. The normalized spacial score (nSPS) is 10.7. The zero-order valence-electron chi connectivity index (χ0n) is 11.7. The van der Waals surface area contributed by atoms with Gasteiger partial charge in [0.15, 0.2) is 11.6 Å². The SMILES string of the molecule is COc1cccc(-c2nnn(Cc3cccc(F)c3F)n2)c1. The van der Waals surface area contributed by atoms with Gasteiger partial charge in [-0.25, -0.2) is 8.78 Å². The molecule has 112 valence electrons. The van der Waals surface area contributed by atoms with Gasteiger partial charge in [0.25, 0.3) is 0 Å². The summed E-state index contributed by atoms with van der Waals surface area (Å²) in [6.45, 7) is 0.000557. The summed E-state index contributed by atoms with van der Waals surface area (Å²) in [6.07, 6.45) is 0. The van der Waals surface area contributed by atoms with Crippen molar-refractivity contribution in [2.24, 2.45) is 0 Å². The Morgan fingerprint density at radius 2 is 1.95 bits per heavy atom. The lowest BCUT2D eigenvalue weighted by atomic mass is 10.2. The number of hydrogen-bond donors (Lipinski definition) is 0. The Morgan fingerprint density at radius 1 is 1.14 bits per heavy atom. The molecule has 5 nitrogen and oxygen atoms in total. The molecule has 0 N–H and O–H groups in total. The van der Waals surface area contributed by atoms with E-state index in [1.807, 2.05) is 6.07 Å². The highest BCUT2D eigenvalue weighted by atomic mass is 19.2.